The van der Waals surface area contributed by atoms with Crippen LogP contribution in [0.2, 0.25) is 0 Å². The Labute approximate surface area is 133 Å². The highest BCUT2D eigenvalue weighted by Gasteiger charge is 2.33. The van der Waals surface area contributed by atoms with Gasteiger partial charge < -0.3 is 5.32 Å². The number of halogens is 2. The van der Waals surface area contributed by atoms with Crippen molar-refractivity contribution < 1.29 is 0 Å². The number of rotatable bonds is 3. The predicted octanol–water partition coefficient (Wildman–Crippen LogP) is 5.83. The van der Waals surface area contributed by atoms with E-state index in [0.717, 1.165) is 4.47 Å². The lowest BCUT2D eigenvalue weighted by Gasteiger charge is -2.41. The molecule has 1 saturated carbocycles. The molecule has 2 atom stereocenters. The molecule has 0 amide bonds. The number of benzene rings is 1. The fourth-order valence-electron chi connectivity index (χ4n) is 3.05. The second-order valence-corrected chi connectivity index (χ2v) is 8.11. The van der Waals surface area contributed by atoms with Gasteiger partial charge in [-0.2, -0.15) is 0 Å². The van der Waals surface area contributed by atoms with Gasteiger partial charge in [-0.05, 0) is 42.9 Å². The molecule has 1 nitrogen and oxygen atoms in total. The summed E-state index contributed by atoms with van der Waals surface area (Å²) in [6.07, 6.45) is 5.36. The van der Waals surface area contributed by atoms with Crippen molar-refractivity contribution in [1.82, 2.24) is 5.32 Å². The SMILES string of the molecule is CC(NC1CCCCC1(C)C)c1ccc(Br)cc1Br. The van der Waals surface area contributed by atoms with Crippen LogP contribution < -0.4 is 5.32 Å². The van der Waals surface area contributed by atoms with E-state index in [4.69, 9.17) is 0 Å². The number of hydrogen-bond donors (Lipinski definition) is 1. The third kappa shape index (κ3) is 3.83. The standard InChI is InChI=1S/C16H23Br2N/c1-11(13-8-7-12(17)10-14(13)18)19-15-6-4-5-9-16(15,2)3/h7-8,10-11,15,19H,4-6,9H2,1-3H3. The molecule has 1 aromatic rings. The lowest BCUT2D eigenvalue weighted by atomic mass is 9.73. The summed E-state index contributed by atoms with van der Waals surface area (Å²) in [6.45, 7) is 7.05. The van der Waals surface area contributed by atoms with Crippen molar-refractivity contribution in [1.29, 1.82) is 0 Å². The van der Waals surface area contributed by atoms with E-state index in [1.54, 1.807) is 0 Å². The van der Waals surface area contributed by atoms with Gasteiger partial charge in [-0.25, -0.2) is 0 Å². The fraction of sp³-hybridized carbons (Fsp3) is 0.625. The Bertz CT molecular complexity index is 442. The van der Waals surface area contributed by atoms with Crippen LogP contribution in [0.3, 0.4) is 0 Å². The molecular formula is C16H23Br2N. The molecule has 0 heterocycles. The van der Waals surface area contributed by atoms with Gasteiger partial charge in [0.2, 0.25) is 0 Å². The highest BCUT2D eigenvalue weighted by atomic mass is 79.9. The highest BCUT2D eigenvalue weighted by Crippen LogP contribution is 2.37. The van der Waals surface area contributed by atoms with Crippen molar-refractivity contribution in [2.75, 3.05) is 0 Å². The van der Waals surface area contributed by atoms with Crippen LogP contribution in [0.4, 0.5) is 0 Å². The molecule has 0 radical (unpaired) electrons. The molecule has 2 rings (SSSR count). The minimum Gasteiger partial charge on any atom is -0.307 e. The Kier molecular flexibility index (Phi) is 5.13. The third-order valence-electron chi connectivity index (χ3n) is 4.39. The average molecular weight is 389 g/mol. The lowest BCUT2D eigenvalue weighted by Crippen LogP contribution is -2.45. The van der Waals surface area contributed by atoms with E-state index >= 15 is 0 Å². The molecule has 0 aromatic heterocycles. The molecule has 1 N–H and O–H groups in total. The second kappa shape index (κ2) is 6.28. The zero-order chi connectivity index (χ0) is 14.0. The van der Waals surface area contributed by atoms with Gasteiger partial charge in [0.15, 0.2) is 0 Å². The van der Waals surface area contributed by atoms with Gasteiger partial charge in [0, 0.05) is 21.0 Å². The van der Waals surface area contributed by atoms with Gasteiger partial charge in [0.25, 0.3) is 0 Å². The second-order valence-electron chi connectivity index (χ2n) is 6.34. The zero-order valence-corrected chi connectivity index (χ0v) is 15.1. The van der Waals surface area contributed by atoms with Crippen molar-refractivity contribution in [2.45, 2.75) is 58.5 Å². The molecule has 1 fully saturated rings. The topological polar surface area (TPSA) is 12.0 Å². The predicted molar refractivity (Wildman–Crippen MR) is 89.4 cm³/mol. The number of nitrogens with one attached hydrogen (secondary N) is 1. The Morgan fingerprint density at radius 2 is 2.00 bits per heavy atom. The maximum atomic E-state index is 3.84. The lowest BCUT2D eigenvalue weighted by molar-refractivity contribution is 0.157. The smallest absolute Gasteiger partial charge is 0.0305 e. The molecule has 0 bridgehead atoms. The van der Waals surface area contributed by atoms with Gasteiger partial charge in [0.05, 0.1) is 0 Å². The summed E-state index contributed by atoms with van der Waals surface area (Å²) < 4.78 is 2.30. The molecule has 106 valence electrons. The molecule has 0 spiro atoms. The maximum Gasteiger partial charge on any atom is 0.0305 e. The fourth-order valence-corrected chi connectivity index (χ4v) is 4.44. The quantitative estimate of drug-likeness (QED) is 0.686. The first kappa shape index (κ1) is 15.5. The van der Waals surface area contributed by atoms with Crippen molar-refractivity contribution in [3.63, 3.8) is 0 Å². The van der Waals surface area contributed by atoms with Crippen LogP contribution in [0.1, 0.15) is 58.1 Å². The molecule has 2 unspecified atom stereocenters. The summed E-state index contributed by atoms with van der Waals surface area (Å²) >= 11 is 7.18. The van der Waals surface area contributed by atoms with E-state index in [1.807, 2.05) is 0 Å². The summed E-state index contributed by atoms with van der Waals surface area (Å²) in [6, 6.07) is 7.43. The molecule has 3 heteroatoms. The molecule has 0 saturated heterocycles. The van der Waals surface area contributed by atoms with Crippen LogP contribution in [0.15, 0.2) is 27.1 Å². The Hall–Kier alpha value is 0.140. The van der Waals surface area contributed by atoms with Crippen molar-refractivity contribution in [2.24, 2.45) is 5.41 Å². The zero-order valence-electron chi connectivity index (χ0n) is 12.0. The molecule has 1 aliphatic rings. The van der Waals surface area contributed by atoms with Gasteiger partial charge >= 0.3 is 0 Å². The molecule has 1 aromatic carbocycles. The van der Waals surface area contributed by atoms with Gasteiger partial charge in [-0.3, -0.25) is 0 Å². The van der Waals surface area contributed by atoms with E-state index < -0.39 is 0 Å². The molecule has 1 aliphatic carbocycles. The van der Waals surface area contributed by atoms with Crippen LogP contribution >= 0.6 is 31.9 Å². The summed E-state index contributed by atoms with van der Waals surface area (Å²) in [7, 11) is 0. The summed E-state index contributed by atoms with van der Waals surface area (Å²) in [4.78, 5) is 0. The largest absolute Gasteiger partial charge is 0.307 e. The van der Waals surface area contributed by atoms with Crippen molar-refractivity contribution in [3.05, 3.63) is 32.7 Å². The molecular weight excluding hydrogens is 366 g/mol. The average Bonchev–Trinajstić information content (AvgIpc) is 2.31. The van der Waals surface area contributed by atoms with Gasteiger partial charge in [-0.15, -0.1) is 0 Å². The normalized spacial score (nSPS) is 24.2. The van der Waals surface area contributed by atoms with Gasteiger partial charge in [-0.1, -0.05) is 64.6 Å². The maximum absolute atomic E-state index is 3.84. The van der Waals surface area contributed by atoms with Crippen LogP contribution in [0, 0.1) is 5.41 Å². The summed E-state index contributed by atoms with van der Waals surface area (Å²) in [5, 5.41) is 3.84. The first-order chi connectivity index (χ1) is 8.90. The van der Waals surface area contributed by atoms with Crippen LogP contribution in [0.25, 0.3) is 0 Å². The molecule has 0 aliphatic heterocycles. The minimum absolute atomic E-state index is 0.379. The summed E-state index contributed by atoms with van der Waals surface area (Å²) in [5.74, 6) is 0. The first-order valence-electron chi connectivity index (χ1n) is 7.11. The van der Waals surface area contributed by atoms with E-state index in [9.17, 15) is 0 Å². The van der Waals surface area contributed by atoms with Crippen molar-refractivity contribution in [3.8, 4) is 0 Å². The first-order valence-corrected chi connectivity index (χ1v) is 8.70. The van der Waals surface area contributed by atoms with E-state index in [0.29, 0.717) is 17.5 Å². The monoisotopic (exact) mass is 387 g/mol. The van der Waals surface area contributed by atoms with E-state index in [2.05, 4.69) is 76.1 Å². The Morgan fingerprint density at radius 3 is 2.63 bits per heavy atom. The number of hydrogen-bond acceptors (Lipinski definition) is 1. The van der Waals surface area contributed by atoms with Crippen LogP contribution in [-0.2, 0) is 0 Å². The van der Waals surface area contributed by atoms with E-state index in [-0.39, 0.29) is 0 Å². The summed E-state index contributed by atoms with van der Waals surface area (Å²) in [5.41, 5.74) is 1.75. The third-order valence-corrected chi connectivity index (χ3v) is 5.57. The van der Waals surface area contributed by atoms with Crippen LogP contribution in [-0.4, -0.2) is 6.04 Å². The Morgan fingerprint density at radius 1 is 1.26 bits per heavy atom. The van der Waals surface area contributed by atoms with E-state index in [1.165, 1.54) is 35.7 Å². The van der Waals surface area contributed by atoms with Crippen LogP contribution in [0.5, 0.6) is 0 Å². The Balaban J connectivity index is 2.09. The van der Waals surface area contributed by atoms with Gasteiger partial charge in [0.1, 0.15) is 0 Å². The van der Waals surface area contributed by atoms with Crippen molar-refractivity contribution >= 4 is 31.9 Å². The minimum atomic E-state index is 0.379. The highest BCUT2D eigenvalue weighted by molar-refractivity contribution is 9.11. The molecule has 19 heavy (non-hydrogen) atoms.